The molecule has 0 bridgehead atoms. The molecule has 0 saturated carbocycles. The van der Waals surface area contributed by atoms with E-state index in [0.29, 0.717) is 13.1 Å². The number of nitrogens with zero attached hydrogens (tertiary/aromatic N) is 3. The van der Waals surface area contributed by atoms with Crippen LogP contribution in [0.15, 0.2) is 42.6 Å². The van der Waals surface area contributed by atoms with Gasteiger partial charge in [-0.3, -0.25) is 4.79 Å². The molecule has 1 aliphatic heterocycles. The Morgan fingerprint density at radius 3 is 2.83 bits per heavy atom. The van der Waals surface area contributed by atoms with Crippen LogP contribution in [0.4, 0.5) is 5.82 Å². The first-order valence-corrected chi connectivity index (χ1v) is 8.44. The van der Waals surface area contributed by atoms with Gasteiger partial charge in [-0.1, -0.05) is 30.3 Å². The number of aryl methyl sites for hydroxylation is 1. The Kier molecular flexibility index (Phi) is 4.79. The Hall–Kier alpha value is -2.43. The van der Waals surface area contributed by atoms with Crippen molar-refractivity contribution in [2.45, 2.75) is 33.2 Å². The molecular weight excluding hydrogens is 300 g/mol. The van der Waals surface area contributed by atoms with Crippen LogP contribution in [0.2, 0.25) is 0 Å². The number of carbonyl (C=O) groups excluding carboxylic acids is 1. The van der Waals surface area contributed by atoms with Crippen molar-refractivity contribution in [2.75, 3.05) is 18.0 Å². The summed E-state index contributed by atoms with van der Waals surface area (Å²) in [5.74, 6) is 1.78. The van der Waals surface area contributed by atoms with Gasteiger partial charge in [-0.2, -0.15) is 0 Å². The van der Waals surface area contributed by atoms with Gasteiger partial charge in [0.1, 0.15) is 11.6 Å². The third-order valence-electron chi connectivity index (χ3n) is 4.63. The maximum atomic E-state index is 12.8. The molecule has 1 aromatic heterocycles. The number of nitrogens with one attached hydrogen (secondary N) is 1. The molecule has 1 fully saturated rings. The number of piperidine rings is 1. The van der Waals surface area contributed by atoms with Crippen LogP contribution >= 0.6 is 0 Å². The SMILES string of the molecule is Cc1nccc(N2CCC[C@@](C)(C(=O)NCc3ccccc3)C2)n1. The summed E-state index contributed by atoms with van der Waals surface area (Å²) >= 11 is 0. The van der Waals surface area contributed by atoms with Crippen LogP contribution in [0.25, 0.3) is 0 Å². The van der Waals surface area contributed by atoms with E-state index >= 15 is 0 Å². The Bertz CT molecular complexity index is 704. The zero-order chi connectivity index (χ0) is 17.0. The van der Waals surface area contributed by atoms with Crippen LogP contribution in [0.3, 0.4) is 0 Å². The maximum Gasteiger partial charge on any atom is 0.227 e. The lowest BCUT2D eigenvalue weighted by Crippen LogP contribution is -2.50. The topological polar surface area (TPSA) is 58.1 Å². The Balaban J connectivity index is 1.66. The smallest absolute Gasteiger partial charge is 0.227 e. The molecule has 1 amide bonds. The molecule has 0 aliphatic carbocycles. The molecule has 2 heterocycles. The van der Waals surface area contributed by atoms with Crippen molar-refractivity contribution in [1.82, 2.24) is 15.3 Å². The van der Waals surface area contributed by atoms with Crippen molar-refractivity contribution < 1.29 is 4.79 Å². The van der Waals surface area contributed by atoms with E-state index in [1.807, 2.05) is 50.2 Å². The summed E-state index contributed by atoms with van der Waals surface area (Å²) in [5.41, 5.74) is 0.722. The van der Waals surface area contributed by atoms with Gasteiger partial charge in [0, 0.05) is 25.8 Å². The van der Waals surface area contributed by atoms with E-state index in [9.17, 15) is 4.79 Å². The molecule has 0 unspecified atom stereocenters. The highest BCUT2D eigenvalue weighted by Crippen LogP contribution is 2.31. The van der Waals surface area contributed by atoms with E-state index < -0.39 is 5.41 Å². The van der Waals surface area contributed by atoms with Crippen LogP contribution in [-0.4, -0.2) is 29.0 Å². The van der Waals surface area contributed by atoms with Crippen LogP contribution in [0.1, 0.15) is 31.2 Å². The van der Waals surface area contributed by atoms with E-state index in [1.54, 1.807) is 6.20 Å². The first kappa shape index (κ1) is 16.4. The average molecular weight is 324 g/mol. The van der Waals surface area contributed by atoms with Gasteiger partial charge in [0.25, 0.3) is 0 Å². The lowest BCUT2D eigenvalue weighted by atomic mass is 9.81. The average Bonchev–Trinajstić information content (AvgIpc) is 2.60. The summed E-state index contributed by atoms with van der Waals surface area (Å²) in [4.78, 5) is 23.6. The van der Waals surface area contributed by atoms with Gasteiger partial charge < -0.3 is 10.2 Å². The monoisotopic (exact) mass is 324 g/mol. The van der Waals surface area contributed by atoms with E-state index in [-0.39, 0.29) is 5.91 Å². The number of carbonyl (C=O) groups is 1. The van der Waals surface area contributed by atoms with Crippen molar-refractivity contribution in [1.29, 1.82) is 0 Å². The Morgan fingerprint density at radius 1 is 1.29 bits per heavy atom. The van der Waals surface area contributed by atoms with Gasteiger partial charge in [-0.25, -0.2) is 9.97 Å². The Labute approximate surface area is 143 Å². The zero-order valence-electron chi connectivity index (χ0n) is 14.3. The number of rotatable bonds is 4. The van der Waals surface area contributed by atoms with Gasteiger partial charge in [-0.05, 0) is 38.3 Å². The number of benzene rings is 1. The van der Waals surface area contributed by atoms with Crippen LogP contribution in [0.5, 0.6) is 0 Å². The molecule has 1 aliphatic rings. The summed E-state index contributed by atoms with van der Waals surface area (Å²) in [5, 5.41) is 3.09. The molecule has 0 radical (unpaired) electrons. The van der Waals surface area contributed by atoms with Gasteiger partial charge >= 0.3 is 0 Å². The van der Waals surface area contributed by atoms with Gasteiger partial charge in [-0.15, -0.1) is 0 Å². The van der Waals surface area contributed by atoms with E-state index in [4.69, 9.17) is 0 Å². The molecule has 1 atom stereocenters. The fraction of sp³-hybridized carbons (Fsp3) is 0.421. The number of aromatic nitrogens is 2. The summed E-state index contributed by atoms with van der Waals surface area (Å²) < 4.78 is 0. The Morgan fingerprint density at radius 2 is 2.08 bits per heavy atom. The van der Waals surface area contributed by atoms with Gasteiger partial charge in [0.2, 0.25) is 5.91 Å². The summed E-state index contributed by atoms with van der Waals surface area (Å²) in [6, 6.07) is 11.9. The largest absolute Gasteiger partial charge is 0.355 e. The van der Waals surface area contributed by atoms with Crippen LogP contribution in [-0.2, 0) is 11.3 Å². The second-order valence-electron chi connectivity index (χ2n) is 6.72. The fourth-order valence-electron chi connectivity index (χ4n) is 3.23. The molecule has 1 saturated heterocycles. The normalized spacial score (nSPS) is 20.7. The molecule has 24 heavy (non-hydrogen) atoms. The third-order valence-corrected chi connectivity index (χ3v) is 4.63. The highest BCUT2D eigenvalue weighted by atomic mass is 16.2. The highest BCUT2D eigenvalue weighted by molar-refractivity contribution is 5.83. The van der Waals surface area contributed by atoms with Gasteiger partial charge in [0.15, 0.2) is 0 Å². The zero-order valence-corrected chi connectivity index (χ0v) is 14.3. The third kappa shape index (κ3) is 3.72. The fourth-order valence-corrected chi connectivity index (χ4v) is 3.23. The molecule has 5 nitrogen and oxygen atoms in total. The minimum atomic E-state index is -0.397. The van der Waals surface area contributed by atoms with Crippen molar-refractivity contribution >= 4 is 11.7 Å². The summed E-state index contributed by atoms with van der Waals surface area (Å²) in [6.07, 6.45) is 3.66. The number of anilines is 1. The van der Waals surface area contributed by atoms with Crippen molar-refractivity contribution in [3.63, 3.8) is 0 Å². The molecule has 1 N–H and O–H groups in total. The minimum Gasteiger partial charge on any atom is -0.355 e. The predicted octanol–water partition coefficient (Wildman–Crippen LogP) is 2.71. The molecule has 3 rings (SSSR count). The first-order valence-electron chi connectivity index (χ1n) is 8.44. The number of hydrogen-bond acceptors (Lipinski definition) is 4. The second-order valence-corrected chi connectivity index (χ2v) is 6.72. The molecule has 1 aromatic carbocycles. The van der Waals surface area contributed by atoms with Crippen LogP contribution in [0, 0.1) is 12.3 Å². The van der Waals surface area contributed by atoms with Crippen molar-refractivity contribution in [3.8, 4) is 0 Å². The van der Waals surface area contributed by atoms with Gasteiger partial charge in [0.05, 0.1) is 5.41 Å². The molecule has 5 heteroatoms. The summed E-state index contributed by atoms with van der Waals surface area (Å²) in [7, 11) is 0. The number of amides is 1. The van der Waals surface area contributed by atoms with E-state index in [2.05, 4.69) is 20.2 Å². The second kappa shape index (κ2) is 6.99. The van der Waals surface area contributed by atoms with E-state index in [1.165, 1.54) is 0 Å². The molecule has 0 spiro atoms. The highest BCUT2D eigenvalue weighted by Gasteiger charge is 2.38. The van der Waals surface area contributed by atoms with Crippen LogP contribution < -0.4 is 10.2 Å². The molecule has 2 aromatic rings. The standard InChI is InChI=1S/C19H24N4O/c1-15-20-11-9-17(22-15)23-12-6-10-19(2,14-23)18(24)21-13-16-7-4-3-5-8-16/h3-5,7-9,11H,6,10,12-14H2,1-2H3,(H,21,24)/t19-/m1/s1. The predicted molar refractivity (Wildman–Crippen MR) is 94.6 cm³/mol. The van der Waals surface area contributed by atoms with E-state index in [0.717, 1.165) is 36.6 Å². The molecular formula is C19H24N4O. The first-order chi connectivity index (χ1) is 11.6. The summed E-state index contributed by atoms with van der Waals surface area (Å²) in [6.45, 7) is 6.12. The van der Waals surface area contributed by atoms with Crippen molar-refractivity contribution in [2.24, 2.45) is 5.41 Å². The minimum absolute atomic E-state index is 0.113. The lowest BCUT2D eigenvalue weighted by molar-refractivity contribution is -0.130. The molecule has 126 valence electrons. The maximum absolute atomic E-state index is 12.8. The van der Waals surface area contributed by atoms with Crippen molar-refractivity contribution in [3.05, 3.63) is 54.0 Å². The lowest BCUT2D eigenvalue weighted by Gasteiger charge is -2.40. The number of hydrogen-bond donors (Lipinski definition) is 1. The quantitative estimate of drug-likeness (QED) is 0.939.